The highest BCUT2D eigenvalue weighted by Crippen LogP contribution is 2.14. The quantitative estimate of drug-likeness (QED) is 0.828. The van der Waals surface area contributed by atoms with Crippen molar-refractivity contribution in [3.05, 3.63) is 34.6 Å². The van der Waals surface area contributed by atoms with Crippen LogP contribution in [0.1, 0.15) is 26.3 Å². The molecule has 0 amide bonds. The summed E-state index contributed by atoms with van der Waals surface area (Å²) in [6.07, 6.45) is 0. The van der Waals surface area contributed by atoms with Gasteiger partial charge in [-0.3, -0.25) is 0 Å². The summed E-state index contributed by atoms with van der Waals surface area (Å²) in [5.41, 5.74) is 0.890. The van der Waals surface area contributed by atoms with Gasteiger partial charge in [0.2, 0.25) is 0 Å². The number of halogens is 2. The highest BCUT2D eigenvalue weighted by Gasteiger charge is 2.06. The zero-order chi connectivity index (χ0) is 12.1. The van der Waals surface area contributed by atoms with Crippen molar-refractivity contribution in [3.8, 4) is 0 Å². The zero-order valence-corrected chi connectivity index (χ0v) is 10.8. The van der Waals surface area contributed by atoms with Crippen LogP contribution < -0.4 is 5.32 Å². The van der Waals surface area contributed by atoms with E-state index < -0.39 is 0 Å². The topological polar surface area (TPSA) is 12.0 Å². The van der Waals surface area contributed by atoms with Crippen molar-refractivity contribution in [3.63, 3.8) is 0 Å². The lowest BCUT2D eigenvalue weighted by molar-refractivity contribution is 0.392. The van der Waals surface area contributed by atoms with Crippen LogP contribution in [-0.2, 0) is 6.54 Å². The molecule has 0 aliphatic rings. The summed E-state index contributed by atoms with van der Waals surface area (Å²) in [5.74, 6) is 0.994. The SMILES string of the molecule is CC(C)C(C)CNCc1cc(F)cc(Cl)c1. The Balaban J connectivity index is 2.43. The fourth-order valence-corrected chi connectivity index (χ4v) is 1.64. The first-order valence-corrected chi connectivity index (χ1v) is 6.02. The largest absolute Gasteiger partial charge is 0.312 e. The van der Waals surface area contributed by atoms with E-state index in [1.165, 1.54) is 12.1 Å². The Hall–Kier alpha value is -0.600. The van der Waals surface area contributed by atoms with Crippen LogP contribution in [0.25, 0.3) is 0 Å². The normalized spacial score (nSPS) is 13.1. The number of hydrogen-bond donors (Lipinski definition) is 1. The van der Waals surface area contributed by atoms with Gasteiger partial charge < -0.3 is 5.32 Å². The van der Waals surface area contributed by atoms with Crippen molar-refractivity contribution in [1.82, 2.24) is 5.32 Å². The molecule has 0 radical (unpaired) electrons. The number of nitrogens with one attached hydrogen (secondary N) is 1. The van der Waals surface area contributed by atoms with E-state index in [4.69, 9.17) is 11.6 Å². The van der Waals surface area contributed by atoms with Gasteiger partial charge in [0.1, 0.15) is 5.82 Å². The molecule has 3 heteroatoms. The minimum Gasteiger partial charge on any atom is -0.312 e. The van der Waals surface area contributed by atoms with E-state index in [0.717, 1.165) is 12.1 Å². The van der Waals surface area contributed by atoms with E-state index in [-0.39, 0.29) is 5.82 Å². The van der Waals surface area contributed by atoms with Crippen molar-refractivity contribution >= 4 is 11.6 Å². The fourth-order valence-electron chi connectivity index (χ4n) is 1.39. The zero-order valence-electron chi connectivity index (χ0n) is 10.1. The predicted octanol–water partition coefficient (Wildman–Crippen LogP) is 3.86. The summed E-state index contributed by atoms with van der Waals surface area (Å²) in [7, 11) is 0. The molecule has 1 aromatic carbocycles. The monoisotopic (exact) mass is 243 g/mol. The van der Waals surface area contributed by atoms with Gasteiger partial charge in [-0.2, -0.15) is 0 Å². The van der Waals surface area contributed by atoms with Gasteiger partial charge in [0.05, 0.1) is 0 Å². The molecule has 90 valence electrons. The Morgan fingerprint density at radius 3 is 2.50 bits per heavy atom. The third-order valence-corrected chi connectivity index (χ3v) is 3.07. The third-order valence-electron chi connectivity index (χ3n) is 2.86. The van der Waals surface area contributed by atoms with Crippen LogP contribution in [0.4, 0.5) is 4.39 Å². The Morgan fingerprint density at radius 1 is 1.25 bits per heavy atom. The molecular weight excluding hydrogens is 225 g/mol. The van der Waals surface area contributed by atoms with Gasteiger partial charge in [-0.15, -0.1) is 0 Å². The lowest BCUT2D eigenvalue weighted by Crippen LogP contribution is -2.23. The van der Waals surface area contributed by atoms with Gasteiger partial charge >= 0.3 is 0 Å². The van der Waals surface area contributed by atoms with E-state index in [1.807, 2.05) is 0 Å². The second-order valence-corrected chi connectivity index (χ2v) is 5.07. The van der Waals surface area contributed by atoms with Crippen molar-refractivity contribution < 1.29 is 4.39 Å². The first-order valence-electron chi connectivity index (χ1n) is 5.64. The maximum Gasteiger partial charge on any atom is 0.125 e. The maximum absolute atomic E-state index is 13.0. The van der Waals surface area contributed by atoms with Gasteiger partial charge in [-0.1, -0.05) is 32.4 Å². The second kappa shape index (κ2) is 6.21. The number of hydrogen-bond acceptors (Lipinski definition) is 1. The fraction of sp³-hybridized carbons (Fsp3) is 0.538. The van der Waals surface area contributed by atoms with E-state index in [9.17, 15) is 4.39 Å². The summed E-state index contributed by atoms with van der Waals surface area (Å²) in [4.78, 5) is 0. The summed E-state index contributed by atoms with van der Waals surface area (Å²) in [6.45, 7) is 8.20. The van der Waals surface area contributed by atoms with Gasteiger partial charge in [-0.25, -0.2) is 4.39 Å². The minimum absolute atomic E-state index is 0.277. The summed E-state index contributed by atoms with van der Waals surface area (Å²) in [6, 6.07) is 4.62. The molecule has 0 aliphatic heterocycles. The van der Waals surface area contributed by atoms with Crippen molar-refractivity contribution in [2.45, 2.75) is 27.3 Å². The molecule has 1 unspecified atom stereocenters. The Kier molecular flexibility index (Phi) is 5.23. The van der Waals surface area contributed by atoms with Gasteiger partial charge in [-0.05, 0) is 42.1 Å². The molecule has 0 saturated carbocycles. The molecule has 1 nitrogen and oxygen atoms in total. The molecule has 16 heavy (non-hydrogen) atoms. The second-order valence-electron chi connectivity index (χ2n) is 4.63. The summed E-state index contributed by atoms with van der Waals surface area (Å²) < 4.78 is 13.0. The first-order chi connectivity index (χ1) is 7.49. The Morgan fingerprint density at radius 2 is 1.94 bits per heavy atom. The Labute approximate surface area is 102 Å². The smallest absolute Gasteiger partial charge is 0.125 e. The third kappa shape index (κ3) is 4.50. The lowest BCUT2D eigenvalue weighted by atomic mass is 9.98. The van der Waals surface area contributed by atoms with Crippen LogP contribution in [-0.4, -0.2) is 6.54 Å². The van der Waals surface area contributed by atoms with Gasteiger partial charge in [0, 0.05) is 11.6 Å². The molecule has 1 rings (SSSR count). The van der Waals surface area contributed by atoms with Crippen LogP contribution in [0.2, 0.25) is 5.02 Å². The first kappa shape index (κ1) is 13.5. The van der Waals surface area contributed by atoms with E-state index in [0.29, 0.717) is 23.4 Å². The predicted molar refractivity (Wildman–Crippen MR) is 67.1 cm³/mol. The molecule has 0 spiro atoms. The van der Waals surface area contributed by atoms with Gasteiger partial charge in [0.25, 0.3) is 0 Å². The molecule has 0 aromatic heterocycles. The van der Waals surface area contributed by atoms with Crippen molar-refractivity contribution in [1.29, 1.82) is 0 Å². The molecule has 0 saturated heterocycles. The molecule has 1 N–H and O–H groups in total. The molecule has 1 atom stereocenters. The van der Waals surface area contributed by atoms with Crippen LogP contribution in [0.3, 0.4) is 0 Å². The van der Waals surface area contributed by atoms with E-state index in [2.05, 4.69) is 26.1 Å². The average molecular weight is 244 g/mol. The van der Waals surface area contributed by atoms with Crippen LogP contribution in [0.15, 0.2) is 18.2 Å². The minimum atomic E-state index is -0.277. The standard InChI is InChI=1S/C13H19ClFN/c1-9(2)10(3)7-16-8-11-4-12(14)6-13(15)5-11/h4-6,9-10,16H,7-8H2,1-3H3. The van der Waals surface area contributed by atoms with Crippen LogP contribution >= 0.6 is 11.6 Å². The maximum atomic E-state index is 13.0. The van der Waals surface area contributed by atoms with Crippen LogP contribution in [0.5, 0.6) is 0 Å². The number of benzene rings is 1. The average Bonchev–Trinajstić information content (AvgIpc) is 2.15. The summed E-state index contributed by atoms with van der Waals surface area (Å²) in [5, 5.41) is 3.76. The van der Waals surface area contributed by atoms with E-state index >= 15 is 0 Å². The highest BCUT2D eigenvalue weighted by molar-refractivity contribution is 6.30. The lowest BCUT2D eigenvalue weighted by Gasteiger charge is -2.16. The molecule has 0 bridgehead atoms. The van der Waals surface area contributed by atoms with Gasteiger partial charge in [0.15, 0.2) is 0 Å². The highest BCUT2D eigenvalue weighted by atomic mass is 35.5. The number of rotatable bonds is 5. The van der Waals surface area contributed by atoms with Crippen molar-refractivity contribution in [2.75, 3.05) is 6.54 Å². The molecule has 0 fully saturated rings. The van der Waals surface area contributed by atoms with E-state index in [1.54, 1.807) is 6.07 Å². The molecule has 0 aliphatic carbocycles. The summed E-state index contributed by atoms with van der Waals surface area (Å²) >= 11 is 5.77. The molecule has 1 aromatic rings. The Bertz CT molecular complexity index is 318. The van der Waals surface area contributed by atoms with Crippen molar-refractivity contribution in [2.24, 2.45) is 11.8 Å². The molecular formula is C13H19ClFN. The van der Waals surface area contributed by atoms with Crippen LogP contribution in [0, 0.1) is 17.7 Å². The molecule has 0 heterocycles.